The zero-order valence-corrected chi connectivity index (χ0v) is 15.2. The molecule has 3 heterocycles. The Morgan fingerprint density at radius 1 is 1.04 bits per heavy atom. The zero-order chi connectivity index (χ0) is 17.9. The lowest BCUT2D eigenvalue weighted by Crippen LogP contribution is -2.50. The van der Waals surface area contributed by atoms with Gasteiger partial charge >= 0.3 is 6.97 Å². The molecule has 10 heteroatoms. The average Bonchev–Trinajstić information content (AvgIpc) is 3.04. The minimum Gasteiger partial charge on any atom is -0.448 e. The molecule has 0 fully saturated rings. The summed E-state index contributed by atoms with van der Waals surface area (Å²) in [6.45, 7) is -4.39. The minimum atomic E-state index is -4.39. The second kappa shape index (κ2) is 5.78. The second-order valence-corrected chi connectivity index (χ2v) is 6.94. The van der Waals surface area contributed by atoms with E-state index in [2.05, 4.69) is 0 Å². The first kappa shape index (κ1) is 17.0. The Balaban J connectivity index is 2.02. The van der Waals surface area contributed by atoms with Gasteiger partial charge in [0.05, 0.1) is 15.9 Å². The molecular weight excluding hydrogens is 415 g/mol. The highest BCUT2D eigenvalue weighted by atomic mass is 35.5. The van der Waals surface area contributed by atoms with Gasteiger partial charge in [0.2, 0.25) is 16.6 Å². The summed E-state index contributed by atoms with van der Waals surface area (Å²) in [5.74, 6) is 0.580. The maximum atomic E-state index is 15.1. The molecular formula is C15H7BCl4F2N2O. The van der Waals surface area contributed by atoms with Gasteiger partial charge in [-0.2, -0.15) is 0 Å². The van der Waals surface area contributed by atoms with E-state index >= 15 is 8.63 Å². The largest absolute Gasteiger partial charge is 0.739 e. The van der Waals surface area contributed by atoms with E-state index in [1.54, 1.807) is 24.3 Å². The lowest BCUT2D eigenvalue weighted by Gasteiger charge is -2.31. The van der Waals surface area contributed by atoms with Crippen LogP contribution in [0.3, 0.4) is 0 Å². The summed E-state index contributed by atoms with van der Waals surface area (Å²) in [7, 11) is 0. The molecule has 1 aromatic heterocycles. The van der Waals surface area contributed by atoms with Crippen molar-refractivity contribution in [1.29, 1.82) is 0 Å². The first-order valence-electron chi connectivity index (χ1n) is 7.08. The molecule has 0 aliphatic carbocycles. The van der Waals surface area contributed by atoms with Crippen LogP contribution in [0.15, 0.2) is 53.2 Å². The van der Waals surface area contributed by atoms with Crippen molar-refractivity contribution in [2.45, 2.75) is 0 Å². The standard InChI is InChI=1S/C15H7BCl4F2N2O/c17-9-6-11-13(25-8-4-2-1-3-5-8)12-7-10(18)15(20)24(12)16(21,22)23(11)14(9)19/h1-7H. The molecule has 128 valence electrons. The van der Waals surface area contributed by atoms with Crippen molar-refractivity contribution < 1.29 is 17.9 Å². The predicted octanol–water partition coefficient (Wildman–Crippen LogP) is 5.56. The van der Waals surface area contributed by atoms with Crippen LogP contribution in [0, 0.1) is 0 Å². The van der Waals surface area contributed by atoms with Crippen LogP contribution in [-0.2, 0) is 0 Å². The number of aromatic nitrogens is 1. The smallest absolute Gasteiger partial charge is 0.448 e. The number of hydrogen-bond donors (Lipinski definition) is 0. The Labute approximate surface area is 161 Å². The van der Waals surface area contributed by atoms with E-state index in [9.17, 15) is 0 Å². The summed E-state index contributed by atoms with van der Waals surface area (Å²) < 4.78 is 37.3. The molecule has 4 rings (SSSR count). The number of halogens is 6. The normalized spacial score (nSPS) is 18.2. The van der Waals surface area contributed by atoms with Gasteiger partial charge in [0, 0.05) is 6.08 Å². The van der Waals surface area contributed by atoms with E-state index in [1.165, 1.54) is 12.1 Å². The molecule has 25 heavy (non-hydrogen) atoms. The number of fused-ring (bicyclic) bond motifs is 2. The number of allylic oxidation sites excluding steroid dienone is 2. The first-order chi connectivity index (χ1) is 11.8. The van der Waals surface area contributed by atoms with Crippen LogP contribution >= 0.6 is 46.4 Å². The molecule has 0 bridgehead atoms. The molecule has 2 aromatic rings. The number of benzene rings is 1. The van der Waals surface area contributed by atoms with Gasteiger partial charge < -0.3 is 22.3 Å². The average molecular weight is 422 g/mol. The van der Waals surface area contributed by atoms with E-state index in [4.69, 9.17) is 51.1 Å². The molecule has 2 aliphatic rings. The molecule has 0 amide bonds. The lowest BCUT2D eigenvalue weighted by atomic mass is 9.91. The predicted molar refractivity (Wildman–Crippen MR) is 96.9 cm³/mol. The van der Waals surface area contributed by atoms with Crippen LogP contribution in [0.4, 0.5) is 8.63 Å². The molecule has 0 unspecified atom stereocenters. The minimum absolute atomic E-state index is 0.0136. The Morgan fingerprint density at radius 3 is 2.40 bits per heavy atom. The Bertz CT molecular complexity index is 998. The number of hydrogen-bond acceptors (Lipinski definition) is 1. The van der Waals surface area contributed by atoms with Gasteiger partial charge in [-0.05, 0) is 29.8 Å². The van der Waals surface area contributed by atoms with Gasteiger partial charge in [-0.15, -0.1) is 0 Å². The second-order valence-electron chi connectivity index (χ2n) is 5.41. The Morgan fingerprint density at radius 2 is 1.72 bits per heavy atom. The molecule has 0 spiro atoms. The number of rotatable bonds is 2. The summed E-state index contributed by atoms with van der Waals surface area (Å²) in [6.07, 6.45) is 1.33. The highest BCUT2D eigenvalue weighted by Crippen LogP contribution is 2.43. The van der Waals surface area contributed by atoms with Crippen molar-refractivity contribution in [3.63, 3.8) is 0 Å². The van der Waals surface area contributed by atoms with Crippen LogP contribution in [0.1, 0.15) is 5.69 Å². The van der Waals surface area contributed by atoms with Crippen LogP contribution in [0.25, 0.3) is 5.76 Å². The van der Waals surface area contributed by atoms with Crippen molar-refractivity contribution in [3.05, 3.63) is 69.1 Å². The van der Waals surface area contributed by atoms with E-state index in [1.807, 2.05) is 6.07 Å². The summed E-state index contributed by atoms with van der Waals surface area (Å²) in [5, 5.41) is -0.634. The molecule has 0 saturated carbocycles. The lowest BCUT2D eigenvalue weighted by molar-refractivity contribution is -0.360. The maximum absolute atomic E-state index is 15.1. The summed E-state index contributed by atoms with van der Waals surface area (Å²) in [6, 6.07) is 10.0. The van der Waals surface area contributed by atoms with Gasteiger partial charge in [-0.3, -0.25) is 0 Å². The van der Waals surface area contributed by atoms with E-state index < -0.39 is 6.97 Å². The van der Waals surface area contributed by atoms with E-state index in [0.29, 0.717) is 14.7 Å². The van der Waals surface area contributed by atoms with Crippen LogP contribution < -0.4 is 4.74 Å². The molecule has 0 radical (unpaired) electrons. The van der Waals surface area contributed by atoms with Gasteiger partial charge in [-0.1, -0.05) is 53.0 Å². The third kappa shape index (κ3) is 2.43. The molecule has 2 aliphatic heterocycles. The third-order valence-corrected chi connectivity index (χ3v) is 5.45. The van der Waals surface area contributed by atoms with Gasteiger partial charge in [0.15, 0.2) is 0 Å². The monoisotopic (exact) mass is 420 g/mol. The Hall–Kier alpha value is -1.47. The zero-order valence-electron chi connectivity index (χ0n) is 12.2. The fourth-order valence-corrected chi connectivity index (χ4v) is 3.77. The van der Waals surface area contributed by atoms with Crippen molar-refractivity contribution in [3.8, 4) is 5.75 Å². The fraction of sp³-hybridized carbons (Fsp3) is 0. The third-order valence-electron chi connectivity index (χ3n) is 3.91. The summed E-state index contributed by atoms with van der Waals surface area (Å²) >= 11 is 24.0. The van der Waals surface area contributed by atoms with E-state index in [0.717, 1.165) is 0 Å². The number of ether oxygens (including phenoxy) is 1. The van der Waals surface area contributed by atoms with Crippen molar-refractivity contribution in [1.82, 2.24) is 4.48 Å². The number of para-hydroxylation sites is 1. The molecule has 0 N–H and O–H groups in total. The summed E-state index contributed by atoms with van der Waals surface area (Å²) in [5.41, 5.74) is 0.0874. The summed E-state index contributed by atoms with van der Waals surface area (Å²) in [4.78, 5) is 0. The van der Waals surface area contributed by atoms with Crippen molar-refractivity contribution in [2.24, 2.45) is 0 Å². The fourth-order valence-electron chi connectivity index (χ4n) is 2.85. The van der Waals surface area contributed by atoms with Crippen molar-refractivity contribution >= 4 is 64.3 Å². The highest BCUT2D eigenvalue weighted by Gasteiger charge is 2.56. The molecule has 1 aromatic carbocycles. The SMILES string of the molecule is F[B-]1(F)n2c(cc(Cl)c2Cl)C(Oc2ccccc2)=C2C=C(Cl)C(Cl)=[N+]21. The van der Waals surface area contributed by atoms with Crippen LogP contribution in [0.5, 0.6) is 5.75 Å². The topological polar surface area (TPSA) is 17.2 Å². The van der Waals surface area contributed by atoms with E-state index in [-0.39, 0.29) is 37.5 Å². The van der Waals surface area contributed by atoms with Crippen LogP contribution in [-0.4, -0.2) is 21.1 Å². The Kier molecular flexibility index (Phi) is 3.92. The van der Waals surface area contributed by atoms with Gasteiger partial charge in [0.25, 0.3) is 0 Å². The molecule has 3 nitrogen and oxygen atoms in total. The number of nitrogens with zero attached hydrogens (tertiary/aromatic N) is 2. The maximum Gasteiger partial charge on any atom is 0.739 e. The van der Waals surface area contributed by atoms with Crippen LogP contribution in [0.2, 0.25) is 10.2 Å². The first-order valence-corrected chi connectivity index (χ1v) is 8.59. The van der Waals surface area contributed by atoms with Gasteiger partial charge in [-0.25, -0.2) is 0 Å². The quantitative estimate of drug-likeness (QED) is 0.580. The van der Waals surface area contributed by atoms with Gasteiger partial charge in [0.1, 0.15) is 10.8 Å². The highest BCUT2D eigenvalue weighted by molar-refractivity contribution is 6.77. The van der Waals surface area contributed by atoms with Crippen molar-refractivity contribution in [2.75, 3.05) is 0 Å². The molecule has 0 atom stereocenters. The molecule has 0 saturated heterocycles.